The first-order chi connectivity index (χ1) is 21.2. The van der Waals surface area contributed by atoms with Crippen molar-refractivity contribution in [3.8, 4) is 0 Å². The number of unbranched alkanes of at least 4 members (excludes halogenated alkanes) is 1. The highest BCUT2D eigenvalue weighted by atomic mass is 32.2. The molecule has 1 atom stereocenters. The van der Waals surface area contributed by atoms with Crippen LogP contribution < -0.4 is 20.7 Å². The van der Waals surface area contributed by atoms with Crippen LogP contribution >= 0.6 is 0 Å². The molecule has 4 N–H and O–H groups in total. The molecule has 0 unspecified atom stereocenters. The van der Waals surface area contributed by atoms with Crippen LogP contribution in [-0.4, -0.2) is 51.2 Å². The van der Waals surface area contributed by atoms with Gasteiger partial charge in [0.25, 0.3) is 0 Å². The maximum atomic E-state index is 13.5. The summed E-state index contributed by atoms with van der Waals surface area (Å²) < 4.78 is 39.3. The van der Waals surface area contributed by atoms with Crippen molar-refractivity contribution in [2.24, 2.45) is 5.92 Å². The van der Waals surface area contributed by atoms with Gasteiger partial charge in [-0.3, -0.25) is 4.79 Å². The van der Waals surface area contributed by atoms with Crippen molar-refractivity contribution in [3.05, 3.63) is 72.3 Å². The highest BCUT2D eigenvalue weighted by molar-refractivity contribution is 7.89. The van der Waals surface area contributed by atoms with Gasteiger partial charge in [-0.25, -0.2) is 22.7 Å². The second kappa shape index (κ2) is 16.2. The van der Waals surface area contributed by atoms with Gasteiger partial charge in [0.05, 0.1) is 4.90 Å². The molecule has 3 amide bonds. The Hall–Kier alpha value is -4.16. The topological polar surface area (TPSA) is 152 Å². The fourth-order valence-electron chi connectivity index (χ4n) is 4.36. The van der Waals surface area contributed by atoms with E-state index in [1.165, 1.54) is 6.07 Å². The molecule has 0 saturated heterocycles. The third-order valence-corrected chi connectivity index (χ3v) is 8.00. The fourth-order valence-corrected chi connectivity index (χ4v) is 5.79. The molecule has 0 aliphatic carbocycles. The van der Waals surface area contributed by atoms with E-state index in [0.717, 1.165) is 5.56 Å². The number of fused-ring (bicyclic) bond motifs is 1. The molecular weight excluding hydrogens is 596 g/mol. The molecule has 0 aromatic heterocycles. The highest BCUT2D eigenvalue weighted by Gasteiger charge is 2.25. The molecule has 3 aromatic carbocycles. The van der Waals surface area contributed by atoms with Crippen molar-refractivity contribution in [1.29, 1.82) is 0 Å². The summed E-state index contributed by atoms with van der Waals surface area (Å²) in [4.78, 5) is 38.3. The molecule has 0 aliphatic heterocycles. The van der Waals surface area contributed by atoms with Crippen LogP contribution in [0, 0.1) is 5.92 Å². The van der Waals surface area contributed by atoms with Gasteiger partial charge in [0.1, 0.15) is 18.2 Å². The molecular formula is C33H44N4O7S. The van der Waals surface area contributed by atoms with Crippen LogP contribution in [0.5, 0.6) is 0 Å². The van der Waals surface area contributed by atoms with Crippen LogP contribution in [0.2, 0.25) is 0 Å². The number of hydrogen-bond acceptors (Lipinski definition) is 7. The van der Waals surface area contributed by atoms with Crippen molar-refractivity contribution < 1.29 is 32.3 Å². The number of sulfonamides is 1. The van der Waals surface area contributed by atoms with Crippen LogP contribution in [0.3, 0.4) is 0 Å². The average Bonchev–Trinajstić information content (AvgIpc) is 2.97. The maximum Gasteiger partial charge on any atom is 0.408 e. The molecule has 3 rings (SSSR count). The lowest BCUT2D eigenvalue weighted by molar-refractivity contribution is -0.118. The number of rotatable bonds is 14. The lowest BCUT2D eigenvalue weighted by atomic mass is 10.1. The summed E-state index contributed by atoms with van der Waals surface area (Å²) in [6, 6.07) is 18.3. The first-order valence-corrected chi connectivity index (χ1v) is 16.5. The minimum Gasteiger partial charge on any atom is -0.445 e. The van der Waals surface area contributed by atoms with Crippen LogP contribution in [0.25, 0.3) is 10.8 Å². The number of alkyl carbamates (subject to hydrolysis) is 2. The molecule has 244 valence electrons. The number of amides is 3. The summed E-state index contributed by atoms with van der Waals surface area (Å²) in [6.45, 7) is 9.77. The fraction of sp³-hybridized carbons (Fsp3) is 0.424. The quantitative estimate of drug-likeness (QED) is 0.165. The Bertz CT molecular complexity index is 1550. The van der Waals surface area contributed by atoms with E-state index < -0.39 is 39.8 Å². The number of ether oxygens (including phenoxy) is 2. The Morgan fingerprint density at radius 2 is 1.53 bits per heavy atom. The molecule has 3 aromatic rings. The Labute approximate surface area is 265 Å². The van der Waals surface area contributed by atoms with E-state index in [4.69, 9.17) is 9.47 Å². The summed E-state index contributed by atoms with van der Waals surface area (Å²) in [6.07, 6.45) is -0.00895. The number of benzene rings is 3. The zero-order chi connectivity index (χ0) is 33.0. The van der Waals surface area contributed by atoms with E-state index in [2.05, 4.69) is 20.7 Å². The van der Waals surface area contributed by atoms with Gasteiger partial charge in [0.2, 0.25) is 15.9 Å². The maximum absolute atomic E-state index is 13.5. The van der Waals surface area contributed by atoms with E-state index >= 15 is 0 Å². The van der Waals surface area contributed by atoms with Crippen LogP contribution in [0.1, 0.15) is 59.4 Å². The normalized spacial score (nSPS) is 12.4. The van der Waals surface area contributed by atoms with Gasteiger partial charge < -0.3 is 25.4 Å². The minimum absolute atomic E-state index is 0.106. The van der Waals surface area contributed by atoms with E-state index in [9.17, 15) is 22.8 Å². The summed E-state index contributed by atoms with van der Waals surface area (Å²) in [5, 5.41) is 9.19. The summed E-state index contributed by atoms with van der Waals surface area (Å²) in [7, 11) is -3.79. The van der Waals surface area contributed by atoms with Gasteiger partial charge in [-0.2, -0.15) is 0 Å². The molecule has 0 radical (unpaired) electrons. The van der Waals surface area contributed by atoms with E-state index in [0.29, 0.717) is 35.8 Å². The number of nitrogens with one attached hydrogen (secondary N) is 4. The summed E-state index contributed by atoms with van der Waals surface area (Å²) in [5.41, 5.74) is 0.509. The molecule has 0 bridgehead atoms. The Morgan fingerprint density at radius 1 is 0.844 bits per heavy atom. The molecule has 0 saturated carbocycles. The zero-order valence-corrected chi connectivity index (χ0v) is 27.3. The predicted molar refractivity (Wildman–Crippen MR) is 174 cm³/mol. The molecule has 0 aliphatic rings. The second-order valence-electron chi connectivity index (χ2n) is 12.1. The van der Waals surface area contributed by atoms with Crippen molar-refractivity contribution in [2.75, 3.05) is 18.4 Å². The monoisotopic (exact) mass is 640 g/mol. The third kappa shape index (κ3) is 11.7. The van der Waals surface area contributed by atoms with Gasteiger partial charge >= 0.3 is 12.2 Å². The highest BCUT2D eigenvalue weighted by Crippen LogP contribution is 2.29. The van der Waals surface area contributed by atoms with Crippen molar-refractivity contribution in [3.63, 3.8) is 0 Å². The SMILES string of the molecule is CC(C)CNS(=O)(=O)c1cccc2c(NC(=O)[C@@H](CCCCNC(=O)OCc3ccccc3)NC(=O)OC(C)(C)C)cccc12. The number of carbonyl (C=O) groups is 3. The van der Waals surface area contributed by atoms with Crippen LogP contribution in [0.15, 0.2) is 71.6 Å². The third-order valence-electron chi connectivity index (χ3n) is 6.52. The Morgan fingerprint density at radius 3 is 2.22 bits per heavy atom. The number of anilines is 1. The summed E-state index contributed by atoms with van der Waals surface area (Å²) in [5.74, 6) is -0.363. The van der Waals surface area contributed by atoms with E-state index in [1.807, 2.05) is 44.2 Å². The van der Waals surface area contributed by atoms with Gasteiger partial charge in [-0.05, 0) is 63.6 Å². The lowest BCUT2D eigenvalue weighted by Gasteiger charge is -2.23. The molecule has 11 nitrogen and oxygen atoms in total. The number of hydrogen-bond donors (Lipinski definition) is 4. The zero-order valence-electron chi connectivity index (χ0n) is 26.5. The Balaban J connectivity index is 1.67. The molecule has 0 fully saturated rings. The van der Waals surface area contributed by atoms with Gasteiger partial charge in [0, 0.05) is 29.5 Å². The Kier molecular flexibility index (Phi) is 12.7. The predicted octanol–water partition coefficient (Wildman–Crippen LogP) is 5.70. The van der Waals surface area contributed by atoms with E-state index in [1.54, 1.807) is 51.1 Å². The smallest absolute Gasteiger partial charge is 0.408 e. The van der Waals surface area contributed by atoms with Crippen LogP contribution in [0.4, 0.5) is 15.3 Å². The second-order valence-corrected chi connectivity index (χ2v) is 13.8. The standard InChI is InChI=1S/C33H44N4O7S/c1-23(2)21-35-45(41,42)29-19-12-15-25-26(29)16-11-18-27(25)36-30(38)28(37-32(40)44-33(3,4)5)17-9-10-20-34-31(39)43-22-24-13-7-6-8-14-24/h6-8,11-16,18-19,23,28,35H,9-10,17,20-22H2,1-5H3,(H,34,39)(H,36,38)(H,37,40)/t28-/m1/s1. The average molecular weight is 641 g/mol. The first kappa shape index (κ1) is 35.3. The van der Waals surface area contributed by atoms with Crippen molar-refractivity contribution in [2.45, 2.75) is 77.0 Å². The van der Waals surface area contributed by atoms with Gasteiger partial charge in [-0.1, -0.05) is 68.4 Å². The van der Waals surface area contributed by atoms with Gasteiger partial charge in [-0.15, -0.1) is 0 Å². The van der Waals surface area contributed by atoms with Crippen molar-refractivity contribution >= 4 is 44.6 Å². The minimum atomic E-state index is -3.79. The molecule has 45 heavy (non-hydrogen) atoms. The van der Waals surface area contributed by atoms with Crippen molar-refractivity contribution in [1.82, 2.24) is 15.4 Å². The molecule has 0 heterocycles. The summed E-state index contributed by atoms with van der Waals surface area (Å²) >= 11 is 0. The first-order valence-electron chi connectivity index (χ1n) is 15.0. The number of carbonyl (C=O) groups excluding carboxylic acids is 3. The van der Waals surface area contributed by atoms with Crippen LogP contribution in [-0.2, 0) is 30.9 Å². The lowest BCUT2D eigenvalue weighted by Crippen LogP contribution is -2.45. The molecule has 0 spiro atoms. The van der Waals surface area contributed by atoms with E-state index in [-0.39, 0.29) is 30.4 Å². The largest absolute Gasteiger partial charge is 0.445 e. The molecule has 12 heteroatoms. The van der Waals surface area contributed by atoms with Gasteiger partial charge in [0.15, 0.2) is 0 Å².